The Morgan fingerprint density at radius 3 is 2.86 bits per heavy atom. The fourth-order valence-corrected chi connectivity index (χ4v) is 3.47. The fourth-order valence-electron chi connectivity index (χ4n) is 2.41. The summed E-state index contributed by atoms with van der Waals surface area (Å²) in [5.74, 6) is 0. The highest BCUT2D eigenvalue weighted by atomic mass is 32.2. The first kappa shape index (κ1) is 15.9. The topological polar surface area (TPSA) is 101 Å². The summed E-state index contributed by atoms with van der Waals surface area (Å²) in [5.41, 5.74) is 0.254. The molecule has 1 saturated heterocycles. The maximum Gasteiger partial charge on any atom is 0.273 e. The van der Waals surface area contributed by atoms with Crippen molar-refractivity contribution in [3.63, 3.8) is 0 Å². The highest BCUT2D eigenvalue weighted by molar-refractivity contribution is 7.89. The average Bonchev–Trinajstić information content (AvgIpc) is 2.91. The molecule has 1 aliphatic heterocycles. The Morgan fingerprint density at radius 1 is 1.48 bits per heavy atom. The third-order valence-corrected chi connectivity index (χ3v) is 5.09. The first-order chi connectivity index (χ1) is 9.90. The minimum absolute atomic E-state index is 0.0702. The highest BCUT2D eigenvalue weighted by Gasteiger charge is 2.20. The third kappa shape index (κ3) is 3.99. The predicted octanol–water partition coefficient (Wildman–Crippen LogP) is 1.32. The number of nitrogens with one attached hydrogen (secondary N) is 2. The van der Waals surface area contributed by atoms with Gasteiger partial charge >= 0.3 is 0 Å². The lowest BCUT2D eigenvalue weighted by Crippen LogP contribution is -2.30. The molecule has 8 heteroatoms. The van der Waals surface area contributed by atoms with Crippen LogP contribution in [0.3, 0.4) is 0 Å². The molecule has 2 rings (SSSR count). The standard InChI is InChI=1S/C13H19N3O4S/c1-10-4-5-12(9-13(10)16(17)18)21(19,20)15-8-6-11-3-2-7-14-11/h4-5,9,11,14-15H,2-3,6-8H2,1H3/t11-/m1/s1. The molecule has 0 bridgehead atoms. The van der Waals surface area contributed by atoms with E-state index in [4.69, 9.17) is 0 Å². The van der Waals surface area contributed by atoms with E-state index >= 15 is 0 Å². The second kappa shape index (κ2) is 6.50. The van der Waals surface area contributed by atoms with Gasteiger partial charge in [-0.25, -0.2) is 13.1 Å². The Balaban J connectivity index is 2.04. The summed E-state index contributed by atoms with van der Waals surface area (Å²) in [6.07, 6.45) is 2.88. The third-order valence-electron chi connectivity index (χ3n) is 3.63. The Kier molecular flexibility index (Phi) is 4.92. The van der Waals surface area contributed by atoms with E-state index in [9.17, 15) is 18.5 Å². The van der Waals surface area contributed by atoms with E-state index < -0.39 is 14.9 Å². The largest absolute Gasteiger partial charge is 0.314 e. The molecule has 0 amide bonds. The Bertz CT molecular complexity index is 624. The monoisotopic (exact) mass is 313 g/mol. The average molecular weight is 313 g/mol. The van der Waals surface area contributed by atoms with Gasteiger partial charge in [-0.2, -0.15) is 0 Å². The lowest BCUT2D eigenvalue weighted by molar-refractivity contribution is -0.385. The molecule has 1 aliphatic rings. The van der Waals surface area contributed by atoms with Gasteiger partial charge in [0, 0.05) is 24.2 Å². The van der Waals surface area contributed by atoms with Crippen LogP contribution in [0.15, 0.2) is 23.1 Å². The number of nitro groups is 1. The van der Waals surface area contributed by atoms with E-state index in [1.165, 1.54) is 12.1 Å². The van der Waals surface area contributed by atoms with Crippen LogP contribution in [0, 0.1) is 17.0 Å². The van der Waals surface area contributed by atoms with Crippen LogP contribution < -0.4 is 10.0 Å². The molecule has 2 N–H and O–H groups in total. The van der Waals surface area contributed by atoms with E-state index in [1.807, 2.05) is 0 Å². The summed E-state index contributed by atoms with van der Waals surface area (Å²) in [7, 11) is -3.71. The first-order valence-corrected chi connectivity index (χ1v) is 8.36. The lowest BCUT2D eigenvalue weighted by Gasteiger charge is -2.11. The summed E-state index contributed by atoms with van der Waals surface area (Å²) in [5, 5.41) is 14.2. The van der Waals surface area contributed by atoms with Gasteiger partial charge in [-0.1, -0.05) is 6.07 Å². The van der Waals surface area contributed by atoms with Crippen molar-refractivity contribution in [1.29, 1.82) is 0 Å². The van der Waals surface area contributed by atoms with Gasteiger partial charge in [-0.15, -0.1) is 0 Å². The van der Waals surface area contributed by atoms with Gasteiger partial charge < -0.3 is 5.32 Å². The zero-order chi connectivity index (χ0) is 15.5. The van der Waals surface area contributed by atoms with E-state index in [0.717, 1.165) is 25.5 Å². The molecule has 1 aromatic carbocycles. The molecular formula is C13H19N3O4S. The van der Waals surface area contributed by atoms with E-state index in [2.05, 4.69) is 10.0 Å². The predicted molar refractivity (Wildman–Crippen MR) is 78.7 cm³/mol. The number of sulfonamides is 1. The fraction of sp³-hybridized carbons (Fsp3) is 0.538. The molecule has 0 aliphatic carbocycles. The van der Waals surface area contributed by atoms with E-state index in [0.29, 0.717) is 24.6 Å². The SMILES string of the molecule is Cc1ccc(S(=O)(=O)NCC[C@H]2CCCN2)cc1[N+](=O)[O-]. The van der Waals surface area contributed by atoms with Gasteiger partial charge in [-0.3, -0.25) is 10.1 Å². The zero-order valence-electron chi connectivity index (χ0n) is 11.8. The van der Waals surface area contributed by atoms with Crippen LogP contribution in [-0.4, -0.2) is 32.5 Å². The molecular weight excluding hydrogens is 294 g/mol. The number of hydrogen-bond acceptors (Lipinski definition) is 5. The van der Waals surface area contributed by atoms with Crippen molar-refractivity contribution >= 4 is 15.7 Å². The van der Waals surface area contributed by atoms with Crippen molar-refractivity contribution in [3.05, 3.63) is 33.9 Å². The van der Waals surface area contributed by atoms with Crippen LogP contribution in [0.5, 0.6) is 0 Å². The maximum atomic E-state index is 12.1. The zero-order valence-corrected chi connectivity index (χ0v) is 12.6. The van der Waals surface area contributed by atoms with Crippen LogP contribution in [-0.2, 0) is 10.0 Å². The van der Waals surface area contributed by atoms with Gasteiger partial charge in [0.05, 0.1) is 9.82 Å². The van der Waals surface area contributed by atoms with Crippen molar-refractivity contribution in [2.75, 3.05) is 13.1 Å². The van der Waals surface area contributed by atoms with Gasteiger partial charge in [0.1, 0.15) is 0 Å². The Hall–Kier alpha value is -1.51. The van der Waals surface area contributed by atoms with Crippen molar-refractivity contribution < 1.29 is 13.3 Å². The van der Waals surface area contributed by atoms with Crippen LogP contribution in [0.4, 0.5) is 5.69 Å². The molecule has 0 radical (unpaired) electrons. The number of rotatable bonds is 6. The summed E-state index contributed by atoms with van der Waals surface area (Å²) >= 11 is 0. The van der Waals surface area contributed by atoms with Crippen LogP contribution >= 0.6 is 0 Å². The van der Waals surface area contributed by atoms with E-state index in [1.54, 1.807) is 6.92 Å². The first-order valence-electron chi connectivity index (χ1n) is 6.88. The van der Waals surface area contributed by atoms with Crippen molar-refractivity contribution in [2.24, 2.45) is 0 Å². The molecule has 0 aromatic heterocycles. The summed E-state index contributed by atoms with van der Waals surface area (Å²) in [4.78, 5) is 10.2. The summed E-state index contributed by atoms with van der Waals surface area (Å²) in [6.45, 7) is 2.87. The second-order valence-electron chi connectivity index (χ2n) is 5.19. The molecule has 0 unspecified atom stereocenters. The van der Waals surface area contributed by atoms with Crippen molar-refractivity contribution in [2.45, 2.75) is 37.1 Å². The molecule has 0 spiro atoms. The van der Waals surface area contributed by atoms with Crippen molar-refractivity contribution in [1.82, 2.24) is 10.0 Å². The van der Waals surface area contributed by atoms with Crippen molar-refractivity contribution in [3.8, 4) is 0 Å². The van der Waals surface area contributed by atoms with Crippen LogP contribution in [0.1, 0.15) is 24.8 Å². The number of aryl methyl sites for hydroxylation is 1. The van der Waals surface area contributed by atoms with Crippen LogP contribution in [0.25, 0.3) is 0 Å². The second-order valence-corrected chi connectivity index (χ2v) is 6.95. The molecule has 7 nitrogen and oxygen atoms in total. The minimum atomic E-state index is -3.71. The molecule has 1 heterocycles. The highest BCUT2D eigenvalue weighted by Crippen LogP contribution is 2.22. The lowest BCUT2D eigenvalue weighted by atomic mass is 10.2. The summed E-state index contributed by atoms with van der Waals surface area (Å²) in [6, 6.07) is 4.29. The molecule has 1 fully saturated rings. The Morgan fingerprint density at radius 2 is 2.24 bits per heavy atom. The van der Waals surface area contributed by atoms with Gasteiger partial charge in [0.25, 0.3) is 5.69 Å². The molecule has 1 atom stereocenters. The quantitative estimate of drug-likeness (QED) is 0.609. The molecule has 1 aromatic rings. The molecule has 0 saturated carbocycles. The minimum Gasteiger partial charge on any atom is -0.314 e. The number of hydrogen-bond donors (Lipinski definition) is 2. The molecule has 116 valence electrons. The van der Waals surface area contributed by atoms with Gasteiger partial charge in [0.2, 0.25) is 10.0 Å². The number of nitrogens with zero attached hydrogens (tertiary/aromatic N) is 1. The van der Waals surface area contributed by atoms with Crippen LogP contribution in [0.2, 0.25) is 0 Å². The smallest absolute Gasteiger partial charge is 0.273 e. The maximum absolute atomic E-state index is 12.1. The van der Waals surface area contributed by atoms with Gasteiger partial charge in [-0.05, 0) is 38.8 Å². The molecule has 21 heavy (non-hydrogen) atoms. The van der Waals surface area contributed by atoms with Gasteiger partial charge in [0.15, 0.2) is 0 Å². The normalized spacial score (nSPS) is 18.8. The summed E-state index contributed by atoms with van der Waals surface area (Å²) < 4.78 is 26.8. The Labute approximate surface area is 123 Å². The van der Waals surface area contributed by atoms with E-state index in [-0.39, 0.29) is 10.6 Å². The number of nitro benzene ring substituents is 1. The number of benzene rings is 1.